The van der Waals surface area contributed by atoms with Gasteiger partial charge in [0.05, 0.1) is 29.9 Å². The molecule has 2 heterocycles. The number of anilines is 2. The fourth-order valence-corrected chi connectivity index (χ4v) is 4.77. The minimum atomic E-state index is -0.407. The quantitative estimate of drug-likeness (QED) is 0.249. The van der Waals surface area contributed by atoms with E-state index in [1.54, 1.807) is 24.4 Å². The van der Waals surface area contributed by atoms with Crippen molar-refractivity contribution in [3.05, 3.63) is 75.9 Å². The Morgan fingerprint density at radius 1 is 1.15 bits per heavy atom. The molecular weight excluding hydrogens is 551 g/mol. The third kappa shape index (κ3) is 7.50. The van der Waals surface area contributed by atoms with Crippen molar-refractivity contribution in [1.29, 1.82) is 0 Å². The molecule has 0 radical (unpaired) electrons. The first-order valence-electron chi connectivity index (χ1n) is 12.9. The molecule has 4 rings (SSSR count). The molecule has 9 nitrogen and oxygen atoms in total. The van der Waals surface area contributed by atoms with Crippen molar-refractivity contribution < 1.29 is 14.3 Å². The zero-order valence-electron chi connectivity index (χ0n) is 22.4. The van der Waals surface area contributed by atoms with Crippen molar-refractivity contribution in [3.8, 4) is 11.3 Å². The summed E-state index contributed by atoms with van der Waals surface area (Å²) in [5.41, 5.74) is 9.03. The van der Waals surface area contributed by atoms with E-state index in [4.69, 9.17) is 28.9 Å². The van der Waals surface area contributed by atoms with E-state index in [1.807, 2.05) is 30.3 Å². The van der Waals surface area contributed by atoms with Crippen LogP contribution in [0.25, 0.3) is 17.3 Å². The number of amides is 1. The normalized spacial score (nSPS) is 14.8. The molecule has 40 heavy (non-hydrogen) atoms. The van der Waals surface area contributed by atoms with Gasteiger partial charge in [-0.2, -0.15) is 0 Å². The monoisotopic (exact) mass is 582 g/mol. The minimum absolute atomic E-state index is 0.0766. The number of methoxy groups -OCH3 is 1. The molecule has 0 unspecified atom stereocenters. The van der Waals surface area contributed by atoms with Crippen LogP contribution >= 0.6 is 23.2 Å². The predicted octanol–water partition coefficient (Wildman–Crippen LogP) is 4.48. The van der Waals surface area contributed by atoms with Crippen molar-refractivity contribution >= 4 is 52.8 Å². The van der Waals surface area contributed by atoms with Crippen LogP contribution in [0.4, 0.5) is 11.6 Å². The van der Waals surface area contributed by atoms with Gasteiger partial charge in [-0.15, -0.1) is 0 Å². The number of carbonyl (C=O) groups excluding carboxylic acids is 2. The number of aromatic nitrogens is 2. The number of nitrogens with zero attached hydrogens (tertiary/aromatic N) is 3. The molecule has 3 aromatic rings. The van der Waals surface area contributed by atoms with Crippen LogP contribution in [0.2, 0.25) is 10.0 Å². The first-order chi connectivity index (χ1) is 19.2. The third-order valence-electron chi connectivity index (χ3n) is 6.94. The predicted molar refractivity (Wildman–Crippen MR) is 159 cm³/mol. The number of benzene rings is 2. The van der Waals surface area contributed by atoms with E-state index in [9.17, 15) is 9.59 Å². The molecule has 0 aliphatic carbocycles. The van der Waals surface area contributed by atoms with E-state index >= 15 is 0 Å². The van der Waals surface area contributed by atoms with Gasteiger partial charge < -0.3 is 26.0 Å². The second kappa shape index (κ2) is 13.1. The maximum absolute atomic E-state index is 12.5. The lowest BCUT2D eigenvalue weighted by Gasteiger charge is -2.40. The summed E-state index contributed by atoms with van der Waals surface area (Å²) in [4.78, 5) is 35.0. The molecule has 0 atom stereocenters. The van der Waals surface area contributed by atoms with Crippen LogP contribution in [-0.2, 0) is 20.9 Å². The molecule has 0 saturated carbocycles. The molecule has 0 spiro atoms. The molecule has 0 bridgehead atoms. The summed E-state index contributed by atoms with van der Waals surface area (Å²) in [6, 6.07) is 12.9. The molecule has 1 aliphatic heterocycles. The van der Waals surface area contributed by atoms with Crippen molar-refractivity contribution in [2.24, 2.45) is 0 Å². The number of carbonyl (C=O) groups is 2. The highest BCUT2D eigenvalue weighted by molar-refractivity contribution is 6.43. The zero-order chi connectivity index (χ0) is 28.7. The van der Waals surface area contributed by atoms with Gasteiger partial charge in [0.15, 0.2) is 5.82 Å². The van der Waals surface area contributed by atoms with E-state index in [0.717, 1.165) is 37.1 Å². The minimum Gasteiger partial charge on any atom is -0.466 e. The van der Waals surface area contributed by atoms with E-state index in [0.29, 0.717) is 33.7 Å². The first-order valence-corrected chi connectivity index (χ1v) is 13.6. The Morgan fingerprint density at radius 2 is 1.88 bits per heavy atom. The lowest BCUT2D eigenvalue weighted by Crippen LogP contribution is -2.53. The van der Waals surface area contributed by atoms with Crippen molar-refractivity contribution in [2.45, 2.75) is 31.8 Å². The fourth-order valence-electron chi connectivity index (χ4n) is 4.38. The molecular formula is C29H32Cl2N6O3. The van der Waals surface area contributed by atoms with Crippen molar-refractivity contribution in [2.75, 3.05) is 37.4 Å². The van der Waals surface area contributed by atoms with Crippen LogP contribution in [0.3, 0.4) is 0 Å². The smallest absolute Gasteiger partial charge is 0.330 e. The summed E-state index contributed by atoms with van der Waals surface area (Å²) in [5.74, 6) is 0.506. The number of rotatable bonds is 9. The van der Waals surface area contributed by atoms with E-state index < -0.39 is 5.97 Å². The Bertz CT molecular complexity index is 1390. The maximum atomic E-state index is 12.5. The number of hydrogen-bond donors (Lipinski definition) is 3. The number of esters is 1. The first kappa shape index (κ1) is 29.3. The second-order valence-electron chi connectivity index (χ2n) is 9.84. The number of nitrogen functional groups attached to an aromatic ring is 1. The number of hydrogen-bond acceptors (Lipinski definition) is 8. The molecule has 1 aliphatic rings. The van der Waals surface area contributed by atoms with Gasteiger partial charge in [0.2, 0.25) is 5.91 Å². The van der Waals surface area contributed by atoms with Crippen molar-refractivity contribution in [1.82, 2.24) is 20.6 Å². The zero-order valence-corrected chi connectivity index (χ0v) is 23.9. The van der Waals surface area contributed by atoms with Gasteiger partial charge in [-0.25, -0.2) is 14.8 Å². The van der Waals surface area contributed by atoms with Gasteiger partial charge in [0, 0.05) is 36.8 Å². The number of nitrogens with two attached hydrogens (primary N) is 1. The Kier molecular flexibility index (Phi) is 9.63. The molecule has 1 fully saturated rings. The van der Waals surface area contributed by atoms with Gasteiger partial charge in [-0.05, 0) is 43.0 Å². The largest absolute Gasteiger partial charge is 0.466 e. The van der Waals surface area contributed by atoms with E-state index in [-0.39, 0.29) is 23.8 Å². The van der Waals surface area contributed by atoms with Gasteiger partial charge >= 0.3 is 5.97 Å². The van der Waals surface area contributed by atoms with Crippen LogP contribution in [-0.4, -0.2) is 54.1 Å². The number of piperidine rings is 1. The molecule has 1 amide bonds. The summed E-state index contributed by atoms with van der Waals surface area (Å²) in [6.45, 7) is 4.25. The fraction of sp³-hybridized carbons (Fsp3) is 0.310. The molecule has 4 N–H and O–H groups in total. The highest BCUT2D eigenvalue weighted by Gasteiger charge is 2.31. The highest BCUT2D eigenvalue weighted by Crippen LogP contribution is 2.35. The molecule has 2 aromatic carbocycles. The lowest BCUT2D eigenvalue weighted by atomic mass is 9.89. The average Bonchev–Trinajstić information content (AvgIpc) is 2.96. The Labute approximate surface area is 243 Å². The summed E-state index contributed by atoms with van der Waals surface area (Å²) in [6.07, 6.45) is 6.39. The van der Waals surface area contributed by atoms with Gasteiger partial charge in [-0.3, -0.25) is 4.79 Å². The highest BCUT2D eigenvalue weighted by atomic mass is 35.5. The van der Waals surface area contributed by atoms with Gasteiger partial charge in [0.1, 0.15) is 11.5 Å². The lowest BCUT2D eigenvalue weighted by molar-refractivity contribution is -0.134. The molecule has 210 valence electrons. The summed E-state index contributed by atoms with van der Waals surface area (Å²) < 4.78 is 4.59. The Morgan fingerprint density at radius 3 is 2.55 bits per heavy atom. The topological polar surface area (TPSA) is 122 Å². The molecule has 1 saturated heterocycles. The SMILES string of the molecule is COC(=O)/C=C/c1ccc(CNC(=O)CNC2(C)CCN(c3cnc(-c4cccc(Cl)c4Cl)c(N)n3)CC2)cc1. The van der Waals surface area contributed by atoms with Crippen LogP contribution < -0.4 is 21.3 Å². The van der Waals surface area contributed by atoms with Gasteiger partial charge in [-0.1, -0.05) is 59.6 Å². The summed E-state index contributed by atoms with van der Waals surface area (Å²) in [5, 5.41) is 7.19. The third-order valence-corrected chi connectivity index (χ3v) is 7.76. The number of halogens is 2. The van der Waals surface area contributed by atoms with Crippen LogP contribution in [0.5, 0.6) is 0 Å². The van der Waals surface area contributed by atoms with Crippen LogP contribution in [0, 0.1) is 0 Å². The summed E-state index contributed by atoms with van der Waals surface area (Å²) in [7, 11) is 1.34. The maximum Gasteiger partial charge on any atom is 0.330 e. The standard InChI is InChI=1S/C29H32Cl2N6O3/c1-29(35-18-24(38)33-16-20-8-6-19(7-9-20)10-11-25(39)40-2)12-14-37(15-13-29)23-17-34-27(28(32)36-23)21-4-3-5-22(30)26(21)31/h3-11,17,35H,12-16,18H2,1-2H3,(H2,32,36)(H,33,38)/b11-10+. The van der Waals surface area contributed by atoms with Crippen molar-refractivity contribution in [3.63, 3.8) is 0 Å². The second-order valence-corrected chi connectivity index (χ2v) is 10.6. The Balaban J connectivity index is 1.24. The average molecular weight is 584 g/mol. The molecule has 11 heteroatoms. The Hall–Kier alpha value is -3.66. The van der Waals surface area contributed by atoms with Crippen LogP contribution in [0.1, 0.15) is 30.9 Å². The van der Waals surface area contributed by atoms with Crippen LogP contribution in [0.15, 0.2) is 54.7 Å². The number of nitrogens with one attached hydrogen (secondary N) is 2. The van der Waals surface area contributed by atoms with E-state index in [2.05, 4.69) is 37.2 Å². The van der Waals surface area contributed by atoms with E-state index in [1.165, 1.54) is 13.2 Å². The molecule has 1 aromatic heterocycles. The number of ether oxygens (including phenoxy) is 1. The summed E-state index contributed by atoms with van der Waals surface area (Å²) >= 11 is 12.5. The van der Waals surface area contributed by atoms with Gasteiger partial charge in [0.25, 0.3) is 0 Å².